The van der Waals surface area contributed by atoms with Gasteiger partial charge in [0.2, 0.25) is 0 Å². The van der Waals surface area contributed by atoms with Gasteiger partial charge in [-0.25, -0.2) is 9.98 Å². The lowest BCUT2D eigenvalue weighted by Gasteiger charge is -2.34. The summed E-state index contributed by atoms with van der Waals surface area (Å²) in [6, 6.07) is 21.1. The molecule has 4 aliphatic rings. The average molecular weight is 625 g/mol. The topological polar surface area (TPSA) is 61.7 Å². The number of thiophene rings is 2. The van der Waals surface area contributed by atoms with E-state index >= 15 is 0 Å². The largest absolute Gasteiger partial charge is 0.353 e. The Morgan fingerprint density at radius 2 is 0.955 bits per heavy atom. The van der Waals surface area contributed by atoms with Crippen molar-refractivity contribution in [2.24, 2.45) is 9.98 Å². The van der Waals surface area contributed by atoms with Crippen molar-refractivity contribution >= 4 is 67.1 Å². The van der Waals surface area contributed by atoms with Crippen LogP contribution in [0.1, 0.15) is 20.9 Å². The number of anilines is 4. The molecule has 0 spiro atoms. The number of nitrogens with one attached hydrogen (secondary N) is 2. The van der Waals surface area contributed by atoms with Gasteiger partial charge in [0.05, 0.1) is 33.9 Å². The summed E-state index contributed by atoms with van der Waals surface area (Å²) >= 11 is 3.61. The number of benzene rings is 2. The van der Waals surface area contributed by atoms with Crippen LogP contribution in [0.2, 0.25) is 0 Å². The van der Waals surface area contributed by atoms with Crippen LogP contribution in [-0.2, 0) is 0 Å². The van der Waals surface area contributed by atoms with E-state index in [1.54, 1.807) is 22.7 Å². The molecule has 8 nitrogen and oxygen atoms in total. The normalized spacial score (nSPS) is 18.1. The van der Waals surface area contributed by atoms with Gasteiger partial charge < -0.3 is 30.2 Å². The van der Waals surface area contributed by atoms with Crippen molar-refractivity contribution in [1.82, 2.24) is 19.6 Å². The van der Waals surface area contributed by atoms with Crippen molar-refractivity contribution < 1.29 is 0 Å². The second-order valence-corrected chi connectivity index (χ2v) is 14.4. The van der Waals surface area contributed by atoms with Crippen LogP contribution in [0.15, 0.2) is 70.6 Å². The molecule has 2 aromatic heterocycles. The number of fused-ring (bicyclic) bond motifs is 4. The molecular weight excluding hydrogens is 585 g/mol. The Hall–Kier alpha value is -3.70. The van der Waals surface area contributed by atoms with E-state index in [4.69, 9.17) is 9.98 Å². The highest BCUT2D eigenvalue weighted by Crippen LogP contribution is 2.40. The van der Waals surface area contributed by atoms with Crippen LogP contribution in [0.25, 0.3) is 0 Å². The summed E-state index contributed by atoms with van der Waals surface area (Å²) in [7, 11) is 4.37. The van der Waals surface area contributed by atoms with E-state index in [0.29, 0.717) is 0 Å². The Labute approximate surface area is 268 Å². The Kier molecular flexibility index (Phi) is 8.16. The van der Waals surface area contributed by atoms with Crippen LogP contribution in [-0.4, -0.2) is 97.7 Å². The lowest BCUT2D eigenvalue weighted by molar-refractivity contribution is 0.216. The van der Waals surface area contributed by atoms with E-state index < -0.39 is 0 Å². The number of aliphatic imine (C=N–C) groups is 2. The van der Waals surface area contributed by atoms with Crippen molar-refractivity contribution in [3.63, 3.8) is 0 Å². The van der Waals surface area contributed by atoms with Gasteiger partial charge >= 0.3 is 0 Å². The van der Waals surface area contributed by atoms with E-state index in [0.717, 1.165) is 86.8 Å². The first-order valence-electron chi connectivity index (χ1n) is 15.4. The molecule has 4 aromatic rings. The van der Waals surface area contributed by atoms with Crippen LogP contribution in [0.3, 0.4) is 0 Å². The van der Waals surface area contributed by atoms with Crippen LogP contribution >= 0.6 is 22.7 Å². The Balaban J connectivity index is 0.000000142. The van der Waals surface area contributed by atoms with Crippen LogP contribution in [0.4, 0.5) is 32.8 Å². The second kappa shape index (κ2) is 12.4. The predicted molar refractivity (Wildman–Crippen MR) is 188 cm³/mol. The number of aryl methyl sites for hydroxylation is 2. The van der Waals surface area contributed by atoms with Gasteiger partial charge in [-0.3, -0.25) is 0 Å². The molecule has 4 aliphatic heterocycles. The van der Waals surface area contributed by atoms with Crippen LogP contribution in [0.5, 0.6) is 0 Å². The van der Waals surface area contributed by atoms with E-state index in [9.17, 15) is 0 Å². The van der Waals surface area contributed by atoms with Gasteiger partial charge in [-0.2, -0.15) is 0 Å². The summed E-state index contributed by atoms with van der Waals surface area (Å²) in [6.07, 6.45) is 0. The molecule has 228 valence electrons. The van der Waals surface area contributed by atoms with Gasteiger partial charge in [-0.05, 0) is 64.3 Å². The van der Waals surface area contributed by atoms with Gasteiger partial charge in [0.1, 0.15) is 21.7 Å². The lowest BCUT2D eigenvalue weighted by Crippen LogP contribution is -2.47. The summed E-state index contributed by atoms with van der Waals surface area (Å²) in [4.78, 5) is 22.3. The first-order valence-corrected chi connectivity index (χ1v) is 17.0. The van der Waals surface area contributed by atoms with Gasteiger partial charge in [0, 0.05) is 62.1 Å². The summed E-state index contributed by atoms with van der Waals surface area (Å²) in [5, 5.41) is 9.55. The van der Waals surface area contributed by atoms with E-state index in [2.05, 4.69) is 119 Å². The number of piperazine rings is 2. The molecule has 0 radical (unpaired) electrons. The third-order valence-corrected chi connectivity index (χ3v) is 10.5. The molecule has 0 atom stereocenters. The molecular formula is C34H40N8S2. The second-order valence-electron chi connectivity index (χ2n) is 11.9. The minimum absolute atomic E-state index is 1.03. The van der Waals surface area contributed by atoms with Crippen LogP contribution in [0, 0.1) is 13.8 Å². The van der Waals surface area contributed by atoms with Crippen molar-refractivity contribution in [2.45, 2.75) is 13.8 Å². The fourth-order valence-electron chi connectivity index (χ4n) is 6.01. The molecule has 2 aromatic carbocycles. The van der Waals surface area contributed by atoms with Crippen LogP contribution < -0.4 is 10.6 Å². The standard InChI is InChI=1S/2C17H20N4S/c2*1-12-11-13-16(21-9-7-20(2)8-10-21)18-14-5-3-4-6-15(14)19-17(13)22-12/h2*3-6,11,19H,7-10H2,1-2H3. The fraction of sp³-hybridized carbons (Fsp3) is 0.353. The minimum Gasteiger partial charge on any atom is -0.353 e. The highest BCUT2D eigenvalue weighted by Gasteiger charge is 2.27. The first kappa shape index (κ1) is 29.0. The molecule has 0 bridgehead atoms. The Morgan fingerprint density at radius 1 is 0.568 bits per heavy atom. The van der Waals surface area contributed by atoms with Gasteiger partial charge in [0.15, 0.2) is 0 Å². The van der Waals surface area contributed by atoms with Crippen molar-refractivity contribution in [2.75, 3.05) is 77.1 Å². The summed E-state index contributed by atoms with van der Waals surface area (Å²) in [5.74, 6) is 2.23. The predicted octanol–water partition coefficient (Wildman–Crippen LogP) is 6.88. The first-order chi connectivity index (χ1) is 21.4. The molecule has 2 saturated heterocycles. The van der Waals surface area contributed by atoms with Gasteiger partial charge in [-0.15, -0.1) is 22.7 Å². The number of amidine groups is 2. The summed E-state index contributed by atoms with van der Waals surface area (Å²) in [5.41, 5.74) is 6.71. The van der Waals surface area contributed by atoms with E-state index in [-0.39, 0.29) is 0 Å². The molecule has 2 N–H and O–H groups in total. The Morgan fingerprint density at radius 3 is 1.36 bits per heavy atom. The maximum Gasteiger partial charge on any atom is 0.139 e. The number of hydrogen-bond acceptors (Lipinski definition) is 10. The van der Waals surface area contributed by atoms with Crippen molar-refractivity contribution in [3.05, 3.63) is 81.5 Å². The Bertz CT molecular complexity index is 1580. The monoisotopic (exact) mass is 624 g/mol. The zero-order chi connectivity index (χ0) is 30.2. The molecule has 2 fully saturated rings. The number of para-hydroxylation sites is 4. The average Bonchev–Trinajstić information content (AvgIpc) is 3.48. The van der Waals surface area contributed by atoms with E-state index in [1.807, 2.05) is 0 Å². The number of nitrogens with zero attached hydrogens (tertiary/aromatic N) is 6. The SMILES string of the molecule is Cc1cc2c(s1)Nc1ccccc1N=C2N1CCN(C)CC1.Cc1cc2c(s1)Nc1ccccc1N=C2N1CCN(C)CC1. The summed E-state index contributed by atoms with van der Waals surface area (Å²) < 4.78 is 0. The highest BCUT2D eigenvalue weighted by molar-refractivity contribution is 7.17. The number of rotatable bonds is 0. The van der Waals surface area contributed by atoms with Gasteiger partial charge in [0.25, 0.3) is 0 Å². The molecule has 0 amide bonds. The van der Waals surface area contributed by atoms with Gasteiger partial charge in [-0.1, -0.05) is 24.3 Å². The zero-order valence-electron chi connectivity index (χ0n) is 25.9. The maximum absolute atomic E-state index is 5.01. The quantitative estimate of drug-likeness (QED) is 0.223. The summed E-state index contributed by atoms with van der Waals surface area (Å²) in [6.45, 7) is 12.8. The molecule has 8 rings (SSSR count). The molecule has 10 heteroatoms. The molecule has 6 heterocycles. The van der Waals surface area contributed by atoms with E-state index in [1.165, 1.54) is 30.9 Å². The molecule has 0 unspecified atom stereocenters. The molecule has 44 heavy (non-hydrogen) atoms. The zero-order valence-corrected chi connectivity index (χ0v) is 27.6. The number of likely N-dealkylation sites (N-methyl/N-ethyl adjacent to an activating group) is 2. The lowest BCUT2D eigenvalue weighted by atomic mass is 10.2. The molecule has 0 saturated carbocycles. The maximum atomic E-state index is 5.01. The van der Waals surface area contributed by atoms with Crippen molar-refractivity contribution in [3.8, 4) is 0 Å². The third-order valence-electron chi connectivity index (χ3n) is 8.56. The fourth-order valence-corrected chi connectivity index (χ4v) is 7.85. The van der Waals surface area contributed by atoms with Crippen molar-refractivity contribution in [1.29, 1.82) is 0 Å². The highest BCUT2D eigenvalue weighted by atomic mass is 32.1. The molecule has 0 aliphatic carbocycles. The third kappa shape index (κ3) is 5.99. The smallest absolute Gasteiger partial charge is 0.139 e. The minimum atomic E-state index is 1.03. The number of hydrogen-bond donors (Lipinski definition) is 2.